The molecule has 2 N–H and O–H groups in total. The molecule has 0 aliphatic carbocycles. The van der Waals surface area contributed by atoms with Crippen LogP contribution in [0.25, 0.3) is 0 Å². The summed E-state index contributed by atoms with van der Waals surface area (Å²) in [4.78, 5) is 10.4. The van der Waals surface area contributed by atoms with Crippen LogP contribution in [0.15, 0.2) is 36.4 Å². The van der Waals surface area contributed by atoms with Crippen molar-refractivity contribution in [3.05, 3.63) is 62.7 Å². The molecule has 0 spiro atoms. The van der Waals surface area contributed by atoms with Crippen LogP contribution in [-0.2, 0) is 0 Å². The molecular formula is C17H18ClN3O3S. The van der Waals surface area contributed by atoms with Crippen molar-refractivity contribution in [3.63, 3.8) is 0 Å². The zero-order chi connectivity index (χ0) is 18.6. The fraction of sp³-hybridized carbons (Fsp3) is 0.235. The molecule has 0 amide bonds. The molecule has 2 rings (SSSR count). The van der Waals surface area contributed by atoms with Crippen LogP contribution in [-0.4, -0.2) is 17.1 Å². The number of thiocarbonyl (C=S) groups is 1. The molecule has 0 fully saturated rings. The van der Waals surface area contributed by atoms with Crippen LogP contribution >= 0.6 is 23.8 Å². The maximum absolute atomic E-state index is 10.9. The summed E-state index contributed by atoms with van der Waals surface area (Å²) < 4.78 is 5.38. The molecule has 0 aliphatic rings. The summed E-state index contributed by atoms with van der Waals surface area (Å²) in [5.74, 6) is 0.752. The Bertz CT molecular complexity index is 814. The second-order valence-electron chi connectivity index (χ2n) is 5.49. The predicted octanol–water partition coefficient (Wildman–Crippen LogP) is 4.61. The minimum Gasteiger partial charge on any atom is -0.496 e. The molecule has 0 aliphatic heterocycles. The molecule has 0 unspecified atom stereocenters. The Morgan fingerprint density at radius 2 is 2.04 bits per heavy atom. The van der Waals surface area contributed by atoms with E-state index in [0.29, 0.717) is 15.8 Å². The number of benzene rings is 2. The van der Waals surface area contributed by atoms with Gasteiger partial charge in [0.1, 0.15) is 5.75 Å². The summed E-state index contributed by atoms with van der Waals surface area (Å²) in [7, 11) is 1.61. The van der Waals surface area contributed by atoms with Crippen LogP contribution in [0.4, 0.5) is 11.4 Å². The maximum Gasteiger partial charge on any atom is 0.271 e. The summed E-state index contributed by atoms with van der Waals surface area (Å²) in [5.41, 5.74) is 2.36. The van der Waals surface area contributed by atoms with Crippen molar-refractivity contribution >= 4 is 40.3 Å². The lowest BCUT2D eigenvalue weighted by Gasteiger charge is -2.20. The molecule has 0 saturated heterocycles. The number of rotatable bonds is 5. The van der Waals surface area contributed by atoms with E-state index in [9.17, 15) is 10.1 Å². The number of nitro groups is 1. The van der Waals surface area contributed by atoms with E-state index in [1.165, 1.54) is 18.2 Å². The summed E-state index contributed by atoms with van der Waals surface area (Å²) in [5, 5.41) is 17.6. The van der Waals surface area contributed by atoms with Crippen molar-refractivity contribution in [3.8, 4) is 5.75 Å². The summed E-state index contributed by atoms with van der Waals surface area (Å²) >= 11 is 11.4. The summed E-state index contributed by atoms with van der Waals surface area (Å²) in [6, 6.07) is 9.88. The van der Waals surface area contributed by atoms with Gasteiger partial charge < -0.3 is 15.4 Å². The Balaban J connectivity index is 2.14. The molecule has 132 valence electrons. The quantitative estimate of drug-likeness (QED) is 0.448. The van der Waals surface area contributed by atoms with E-state index in [1.54, 1.807) is 7.11 Å². The summed E-state index contributed by atoms with van der Waals surface area (Å²) in [6.45, 7) is 3.94. The molecule has 0 aromatic heterocycles. The van der Waals surface area contributed by atoms with E-state index in [0.717, 1.165) is 16.9 Å². The molecule has 0 radical (unpaired) electrons. The Kier molecular flexibility index (Phi) is 6.17. The smallest absolute Gasteiger partial charge is 0.271 e. The minimum absolute atomic E-state index is 0.0666. The SMILES string of the molecule is COc1ccc(C)cc1[C@H](C)NC(=S)Nc1cc([N+](=O)[O-])ccc1Cl. The summed E-state index contributed by atoms with van der Waals surface area (Å²) in [6.07, 6.45) is 0. The number of nitrogens with one attached hydrogen (secondary N) is 2. The topological polar surface area (TPSA) is 76.4 Å². The number of hydrogen-bond acceptors (Lipinski definition) is 4. The first-order valence-electron chi connectivity index (χ1n) is 7.48. The highest BCUT2D eigenvalue weighted by Crippen LogP contribution is 2.28. The zero-order valence-corrected chi connectivity index (χ0v) is 15.6. The molecule has 1 atom stereocenters. The average Bonchev–Trinajstić information content (AvgIpc) is 2.56. The molecule has 0 heterocycles. The van der Waals surface area contributed by atoms with Gasteiger partial charge in [-0.05, 0) is 38.2 Å². The third-order valence-electron chi connectivity index (χ3n) is 3.61. The molecular weight excluding hydrogens is 362 g/mol. The van der Waals surface area contributed by atoms with E-state index in [1.807, 2.05) is 32.0 Å². The van der Waals surface area contributed by atoms with Crippen LogP contribution in [0, 0.1) is 17.0 Å². The predicted molar refractivity (Wildman–Crippen MR) is 104 cm³/mol. The van der Waals surface area contributed by atoms with Crippen LogP contribution in [0.2, 0.25) is 5.02 Å². The van der Waals surface area contributed by atoms with E-state index >= 15 is 0 Å². The van der Waals surface area contributed by atoms with Gasteiger partial charge in [0.2, 0.25) is 0 Å². The first kappa shape index (κ1) is 19.0. The fourth-order valence-electron chi connectivity index (χ4n) is 2.35. The molecule has 0 bridgehead atoms. The highest BCUT2D eigenvalue weighted by molar-refractivity contribution is 7.80. The van der Waals surface area contributed by atoms with Crippen molar-refractivity contribution in [2.45, 2.75) is 19.9 Å². The second kappa shape index (κ2) is 8.13. The zero-order valence-electron chi connectivity index (χ0n) is 14.0. The number of hydrogen-bond donors (Lipinski definition) is 2. The second-order valence-corrected chi connectivity index (χ2v) is 6.30. The lowest BCUT2D eigenvalue weighted by molar-refractivity contribution is -0.384. The largest absolute Gasteiger partial charge is 0.496 e. The number of aryl methyl sites for hydroxylation is 1. The van der Waals surface area contributed by atoms with Gasteiger partial charge in [-0.2, -0.15) is 0 Å². The van der Waals surface area contributed by atoms with Gasteiger partial charge >= 0.3 is 0 Å². The van der Waals surface area contributed by atoms with E-state index in [2.05, 4.69) is 10.6 Å². The van der Waals surface area contributed by atoms with Crippen LogP contribution in [0.5, 0.6) is 5.75 Å². The number of anilines is 1. The highest BCUT2D eigenvalue weighted by Gasteiger charge is 2.15. The molecule has 6 nitrogen and oxygen atoms in total. The van der Waals surface area contributed by atoms with Crippen molar-refractivity contribution in [1.29, 1.82) is 0 Å². The normalized spacial score (nSPS) is 11.5. The lowest BCUT2D eigenvalue weighted by Crippen LogP contribution is -2.31. The Labute approximate surface area is 156 Å². The van der Waals surface area contributed by atoms with Gasteiger partial charge in [0.25, 0.3) is 5.69 Å². The third-order valence-corrected chi connectivity index (χ3v) is 4.16. The van der Waals surface area contributed by atoms with Gasteiger partial charge in [-0.25, -0.2) is 0 Å². The van der Waals surface area contributed by atoms with Gasteiger partial charge in [0, 0.05) is 17.7 Å². The van der Waals surface area contributed by atoms with Gasteiger partial charge in [0.15, 0.2) is 5.11 Å². The molecule has 2 aromatic rings. The first-order valence-corrected chi connectivity index (χ1v) is 8.26. The van der Waals surface area contributed by atoms with E-state index in [4.69, 9.17) is 28.6 Å². The number of ether oxygens (including phenoxy) is 1. The van der Waals surface area contributed by atoms with E-state index in [-0.39, 0.29) is 11.7 Å². The van der Waals surface area contributed by atoms with Gasteiger partial charge in [-0.3, -0.25) is 10.1 Å². The van der Waals surface area contributed by atoms with Gasteiger partial charge in [0.05, 0.1) is 28.8 Å². The van der Waals surface area contributed by atoms with Gasteiger partial charge in [-0.15, -0.1) is 0 Å². The molecule has 2 aromatic carbocycles. The number of halogens is 1. The van der Waals surface area contributed by atoms with Crippen LogP contribution in [0.1, 0.15) is 24.1 Å². The Morgan fingerprint density at radius 1 is 1.32 bits per heavy atom. The number of non-ortho nitro benzene ring substituents is 1. The number of nitro benzene ring substituents is 1. The van der Waals surface area contributed by atoms with Crippen molar-refractivity contribution < 1.29 is 9.66 Å². The molecule has 25 heavy (non-hydrogen) atoms. The Morgan fingerprint density at radius 3 is 2.68 bits per heavy atom. The van der Waals surface area contributed by atoms with E-state index < -0.39 is 4.92 Å². The lowest BCUT2D eigenvalue weighted by atomic mass is 10.0. The monoisotopic (exact) mass is 379 g/mol. The number of methoxy groups -OCH3 is 1. The van der Waals surface area contributed by atoms with Crippen LogP contribution < -0.4 is 15.4 Å². The number of nitrogens with zero attached hydrogens (tertiary/aromatic N) is 1. The standard InChI is InChI=1S/C17H18ClN3O3S/c1-10-4-7-16(24-3)13(8-10)11(2)19-17(25)20-15-9-12(21(22)23)5-6-14(15)18/h4-9,11H,1-3H3,(H2,19,20,25)/t11-/m0/s1. The van der Waals surface area contributed by atoms with Gasteiger partial charge in [-0.1, -0.05) is 29.3 Å². The molecule has 0 saturated carbocycles. The van der Waals surface area contributed by atoms with Crippen LogP contribution in [0.3, 0.4) is 0 Å². The Hall–Kier alpha value is -2.38. The average molecular weight is 380 g/mol. The highest BCUT2D eigenvalue weighted by atomic mass is 35.5. The van der Waals surface area contributed by atoms with Crippen molar-refractivity contribution in [2.24, 2.45) is 0 Å². The van der Waals surface area contributed by atoms with Crippen molar-refractivity contribution in [2.75, 3.05) is 12.4 Å². The maximum atomic E-state index is 10.9. The first-order chi connectivity index (χ1) is 11.8. The third kappa shape index (κ3) is 4.80. The minimum atomic E-state index is -0.488. The molecule has 8 heteroatoms. The fourth-order valence-corrected chi connectivity index (χ4v) is 2.80. The van der Waals surface area contributed by atoms with Crippen molar-refractivity contribution in [1.82, 2.24) is 5.32 Å².